The monoisotopic (exact) mass is 988 g/mol. The number of aryl methyl sites for hydroxylation is 1. The minimum Gasteiger partial charge on any atom is -0.486 e. The van der Waals surface area contributed by atoms with Crippen molar-refractivity contribution in [2.75, 3.05) is 23.0 Å². The van der Waals surface area contributed by atoms with E-state index in [2.05, 4.69) is 254 Å². The smallest absolute Gasteiger partial charge is 0.252 e. The lowest BCUT2D eigenvalue weighted by Crippen LogP contribution is -2.61. The van der Waals surface area contributed by atoms with Crippen LogP contribution in [0.4, 0.5) is 34.1 Å². The van der Waals surface area contributed by atoms with Crippen LogP contribution in [-0.4, -0.2) is 19.9 Å². The molecule has 76 heavy (non-hydrogen) atoms. The Kier molecular flexibility index (Phi) is 10.1. The van der Waals surface area contributed by atoms with Crippen molar-refractivity contribution in [3.05, 3.63) is 210 Å². The van der Waals surface area contributed by atoms with Gasteiger partial charge in [0.05, 0.1) is 0 Å². The summed E-state index contributed by atoms with van der Waals surface area (Å²) < 4.78 is 20.1. The number of rotatable bonds is 5. The van der Waals surface area contributed by atoms with Gasteiger partial charge in [0.25, 0.3) is 6.71 Å². The fourth-order valence-electron chi connectivity index (χ4n) is 12.8. The van der Waals surface area contributed by atoms with Gasteiger partial charge in [0.1, 0.15) is 30.2 Å². The summed E-state index contributed by atoms with van der Waals surface area (Å²) in [6.45, 7) is 21.8. The zero-order valence-electron chi connectivity index (χ0n) is 44.9. The van der Waals surface area contributed by atoms with E-state index in [0.717, 1.165) is 84.5 Å². The minimum absolute atomic E-state index is 0.0943. The fraction of sp³-hybridized carbons (Fsp3) is 0.200. The predicted molar refractivity (Wildman–Crippen MR) is 317 cm³/mol. The molecule has 14 rings (SSSR count). The van der Waals surface area contributed by atoms with E-state index in [0.29, 0.717) is 13.2 Å². The number of fused-ring (bicyclic) bond motifs is 9. The highest BCUT2D eigenvalue weighted by Crippen LogP contribution is 2.55. The Morgan fingerprint density at radius 3 is 1.86 bits per heavy atom. The van der Waals surface area contributed by atoms with Gasteiger partial charge in [0.2, 0.25) is 0 Å². The first-order valence-corrected chi connectivity index (χ1v) is 27.0. The van der Waals surface area contributed by atoms with Gasteiger partial charge in [-0.25, -0.2) is 0 Å². The lowest BCUT2D eigenvalue weighted by atomic mass is 9.33. The Balaban J connectivity index is 1.07. The van der Waals surface area contributed by atoms with Crippen molar-refractivity contribution < 1.29 is 13.9 Å². The number of hydrogen-bond donors (Lipinski definition) is 0. The molecule has 0 atom stereocenters. The predicted octanol–water partition coefficient (Wildman–Crippen LogP) is 16.5. The molecule has 0 spiro atoms. The Bertz CT molecular complexity index is 4010. The molecule has 0 radical (unpaired) electrons. The summed E-state index contributed by atoms with van der Waals surface area (Å²) >= 11 is 0. The van der Waals surface area contributed by atoms with E-state index in [9.17, 15) is 0 Å². The van der Waals surface area contributed by atoms with Crippen molar-refractivity contribution in [3.8, 4) is 56.2 Å². The van der Waals surface area contributed by atoms with Crippen molar-refractivity contribution in [2.45, 2.75) is 78.6 Å². The largest absolute Gasteiger partial charge is 0.486 e. The standard InChI is InChI=1S/C70H61BN2O3/c1-42-33-60-65-61(34-42)73(66-51(43-17-11-10-12-18-43)27-30-63-67(66)75-32-31-74-63)59-29-25-49(69(5,6)7)41-57(59)71(65)56-40-48(68(2,3)4)24-28-58(56)72(60)50-36-46(35-47(37-50)64-39-45-19-13-16-22-62(45)76-64)44-23-26-53-52-20-14-15-21-54(52)70(8,9)55(53)38-44/h10-30,33-41H,31-32H2,1-9H3. The highest BCUT2D eigenvalue weighted by molar-refractivity contribution is 7.00. The van der Waals surface area contributed by atoms with Crippen LogP contribution in [0.25, 0.3) is 55.7 Å². The van der Waals surface area contributed by atoms with Gasteiger partial charge in [-0.05, 0) is 163 Å². The summed E-state index contributed by atoms with van der Waals surface area (Å²) in [5, 5.41) is 1.08. The molecular weight excluding hydrogens is 928 g/mol. The highest BCUT2D eigenvalue weighted by Gasteiger charge is 2.46. The van der Waals surface area contributed by atoms with Crippen LogP contribution in [0.2, 0.25) is 0 Å². The van der Waals surface area contributed by atoms with Gasteiger partial charge >= 0.3 is 0 Å². The third-order valence-corrected chi connectivity index (χ3v) is 16.7. The van der Waals surface area contributed by atoms with Gasteiger partial charge < -0.3 is 23.7 Å². The van der Waals surface area contributed by atoms with Crippen molar-refractivity contribution in [2.24, 2.45) is 0 Å². The molecule has 0 fully saturated rings. The van der Waals surface area contributed by atoms with Crippen molar-refractivity contribution in [1.82, 2.24) is 0 Å². The summed E-state index contributed by atoms with van der Waals surface area (Å²) in [6, 6.07) is 68.0. The molecule has 3 aliphatic heterocycles. The molecule has 1 aliphatic carbocycles. The van der Waals surface area contributed by atoms with Crippen molar-refractivity contribution >= 4 is 68.2 Å². The van der Waals surface area contributed by atoms with Gasteiger partial charge in [0.15, 0.2) is 11.5 Å². The van der Waals surface area contributed by atoms with E-state index >= 15 is 0 Å². The number of ether oxygens (including phenoxy) is 2. The zero-order valence-corrected chi connectivity index (χ0v) is 44.9. The molecule has 0 unspecified atom stereocenters. The second kappa shape index (κ2) is 16.6. The number of benzene rings is 9. The molecule has 0 amide bonds. The van der Waals surface area contributed by atoms with Crippen LogP contribution in [0.1, 0.15) is 83.2 Å². The van der Waals surface area contributed by atoms with Gasteiger partial charge in [-0.1, -0.05) is 165 Å². The van der Waals surface area contributed by atoms with Gasteiger partial charge in [-0.15, -0.1) is 0 Å². The molecule has 4 heterocycles. The number of para-hydroxylation sites is 1. The Morgan fingerprint density at radius 2 is 1.12 bits per heavy atom. The summed E-state index contributed by atoms with van der Waals surface area (Å²) in [6.07, 6.45) is 0. The average molecular weight is 989 g/mol. The molecule has 9 aromatic carbocycles. The summed E-state index contributed by atoms with van der Waals surface area (Å²) in [5.74, 6) is 2.36. The maximum atomic E-state index is 6.81. The molecule has 1 aromatic heterocycles. The third kappa shape index (κ3) is 7.13. The maximum Gasteiger partial charge on any atom is 0.252 e. The molecule has 0 saturated heterocycles. The molecule has 6 heteroatoms. The number of hydrogen-bond acceptors (Lipinski definition) is 5. The van der Waals surface area contributed by atoms with Crippen LogP contribution in [0, 0.1) is 6.92 Å². The van der Waals surface area contributed by atoms with Crippen molar-refractivity contribution in [1.29, 1.82) is 0 Å². The number of nitrogens with zero attached hydrogens (tertiary/aromatic N) is 2. The number of furan rings is 1. The molecule has 0 saturated carbocycles. The Labute approximate surface area is 447 Å². The summed E-state index contributed by atoms with van der Waals surface area (Å²) in [5.41, 5.74) is 25.5. The first kappa shape index (κ1) is 46.3. The second-order valence-corrected chi connectivity index (χ2v) is 24.1. The van der Waals surface area contributed by atoms with Gasteiger partial charge in [0, 0.05) is 50.4 Å². The Morgan fingerprint density at radius 1 is 0.487 bits per heavy atom. The zero-order chi connectivity index (χ0) is 52.0. The van der Waals surface area contributed by atoms with E-state index in [4.69, 9.17) is 13.9 Å². The SMILES string of the molecule is Cc1cc2c3c(c1)N(c1c(-c4ccccc4)ccc4c1OCCO4)c1ccc(C(C)(C)C)cc1B3c1cc(C(C)(C)C)ccc1N2c1cc(-c2ccc3c(c2)C(C)(C)c2ccccc2-3)cc(-c2cc3ccccc3o2)c1. The molecule has 372 valence electrons. The van der Waals surface area contributed by atoms with E-state index in [-0.39, 0.29) is 23.0 Å². The lowest BCUT2D eigenvalue weighted by Gasteiger charge is -2.46. The first-order valence-electron chi connectivity index (χ1n) is 27.0. The van der Waals surface area contributed by atoms with Crippen LogP contribution in [0.15, 0.2) is 186 Å². The second-order valence-electron chi connectivity index (χ2n) is 24.1. The van der Waals surface area contributed by atoms with Crippen molar-refractivity contribution in [3.63, 3.8) is 0 Å². The van der Waals surface area contributed by atoms with E-state index < -0.39 is 0 Å². The molecule has 10 aromatic rings. The molecule has 0 N–H and O–H groups in total. The van der Waals surface area contributed by atoms with Crippen LogP contribution in [0.3, 0.4) is 0 Å². The minimum atomic E-state index is -0.155. The average Bonchev–Trinajstić information content (AvgIpc) is 4.10. The molecule has 4 aliphatic rings. The normalized spacial score (nSPS) is 14.8. The third-order valence-electron chi connectivity index (χ3n) is 16.7. The van der Waals surface area contributed by atoms with Crippen LogP contribution < -0.4 is 35.7 Å². The maximum absolute atomic E-state index is 6.81. The van der Waals surface area contributed by atoms with Crippen LogP contribution >= 0.6 is 0 Å². The van der Waals surface area contributed by atoms with E-state index in [1.54, 1.807) is 0 Å². The highest BCUT2D eigenvalue weighted by atomic mass is 16.6. The van der Waals surface area contributed by atoms with Crippen LogP contribution in [0.5, 0.6) is 11.5 Å². The summed E-state index contributed by atoms with van der Waals surface area (Å²) in [7, 11) is 0. The molecular formula is C70H61BN2O3. The topological polar surface area (TPSA) is 38.1 Å². The quantitative estimate of drug-likeness (QED) is 0.161. The van der Waals surface area contributed by atoms with Gasteiger partial charge in [-0.2, -0.15) is 0 Å². The van der Waals surface area contributed by atoms with E-state index in [1.165, 1.54) is 61.0 Å². The first-order chi connectivity index (χ1) is 36.6. The summed E-state index contributed by atoms with van der Waals surface area (Å²) in [4.78, 5) is 5.07. The fourth-order valence-corrected chi connectivity index (χ4v) is 12.8. The van der Waals surface area contributed by atoms with Crippen LogP contribution in [-0.2, 0) is 16.2 Å². The molecule has 0 bridgehead atoms. The van der Waals surface area contributed by atoms with Gasteiger partial charge in [-0.3, -0.25) is 0 Å². The lowest BCUT2D eigenvalue weighted by molar-refractivity contribution is 0.172. The molecule has 5 nitrogen and oxygen atoms in total. The van der Waals surface area contributed by atoms with E-state index in [1.807, 2.05) is 0 Å². The number of anilines is 6. The Hall–Kier alpha value is -8.22.